The van der Waals surface area contributed by atoms with E-state index in [1.165, 1.54) is 0 Å². The number of rotatable bonds is 5. The molecule has 0 bridgehead atoms. The molecule has 3 N–H and O–H groups in total. The number of amides is 1. The average molecular weight is 267 g/mol. The second kappa shape index (κ2) is 6.12. The van der Waals surface area contributed by atoms with E-state index in [9.17, 15) is 14.4 Å². The lowest BCUT2D eigenvalue weighted by molar-refractivity contribution is -0.141. The van der Waals surface area contributed by atoms with Gasteiger partial charge < -0.3 is 15.4 Å². The number of carbonyl (C=O) groups excluding carboxylic acids is 1. The number of carboxylic acid groups (broad SMARTS) is 1. The molecule has 1 rings (SSSR count). The Morgan fingerprint density at radius 1 is 1.42 bits per heavy atom. The quantitative estimate of drug-likeness (QED) is 0.690. The van der Waals surface area contributed by atoms with Gasteiger partial charge in [0.15, 0.2) is 0 Å². The number of aryl methyl sites for hydroxylation is 2. The summed E-state index contributed by atoms with van der Waals surface area (Å²) in [4.78, 5) is 39.9. The minimum atomic E-state index is -1.07. The summed E-state index contributed by atoms with van der Waals surface area (Å²) in [5.41, 5.74) is 1.18. The molecule has 7 heteroatoms. The summed E-state index contributed by atoms with van der Waals surface area (Å²) in [6, 6.07) is -0.899. The number of hydrogen-bond donors (Lipinski definition) is 3. The number of H-pyrrole nitrogens is 1. The second-order valence-electron chi connectivity index (χ2n) is 4.27. The SMILES string of the molecule is CC[C@@H](NC(=O)Cc1c(C)nc(=O)[nH]c1C)C(=O)O. The van der Waals surface area contributed by atoms with Crippen LogP contribution in [0.25, 0.3) is 0 Å². The Balaban J connectivity index is 2.83. The van der Waals surface area contributed by atoms with Crippen LogP contribution in [0.5, 0.6) is 0 Å². The Labute approximate surface area is 110 Å². The van der Waals surface area contributed by atoms with Crippen molar-refractivity contribution in [2.45, 2.75) is 39.7 Å². The van der Waals surface area contributed by atoms with Gasteiger partial charge in [0.1, 0.15) is 6.04 Å². The zero-order valence-electron chi connectivity index (χ0n) is 11.1. The summed E-state index contributed by atoms with van der Waals surface area (Å²) >= 11 is 0. The van der Waals surface area contributed by atoms with Gasteiger partial charge in [-0.15, -0.1) is 0 Å². The van der Waals surface area contributed by atoms with Gasteiger partial charge >= 0.3 is 11.7 Å². The molecule has 0 aliphatic heterocycles. The first-order valence-electron chi connectivity index (χ1n) is 5.93. The molecule has 0 saturated carbocycles. The van der Waals surface area contributed by atoms with Crippen molar-refractivity contribution in [2.75, 3.05) is 0 Å². The van der Waals surface area contributed by atoms with Crippen molar-refractivity contribution in [3.05, 3.63) is 27.4 Å². The Bertz CT molecular complexity index is 524. The van der Waals surface area contributed by atoms with Crippen LogP contribution in [0.1, 0.15) is 30.3 Å². The summed E-state index contributed by atoms with van der Waals surface area (Å²) < 4.78 is 0. The van der Waals surface area contributed by atoms with E-state index in [-0.39, 0.29) is 6.42 Å². The molecule has 104 valence electrons. The smallest absolute Gasteiger partial charge is 0.345 e. The highest BCUT2D eigenvalue weighted by molar-refractivity contribution is 5.85. The minimum absolute atomic E-state index is 0.00870. The van der Waals surface area contributed by atoms with Gasteiger partial charge in [0.2, 0.25) is 5.91 Å². The summed E-state index contributed by atoms with van der Waals surface area (Å²) in [6.45, 7) is 4.99. The van der Waals surface area contributed by atoms with Gasteiger partial charge in [-0.3, -0.25) is 4.79 Å². The monoisotopic (exact) mass is 267 g/mol. The summed E-state index contributed by atoms with van der Waals surface area (Å²) in [7, 11) is 0. The van der Waals surface area contributed by atoms with Gasteiger partial charge in [-0.2, -0.15) is 4.98 Å². The average Bonchev–Trinajstić information content (AvgIpc) is 2.30. The molecule has 7 nitrogen and oxygen atoms in total. The van der Waals surface area contributed by atoms with Crippen LogP contribution >= 0.6 is 0 Å². The lowest BCUT2D eigenvalue weighted by Crippen LogP contribution is -2.41. The van der Waals surface area contributed by atoms with E-state index >= 15 is 0 Å². The van der Waals surface area contributed by atoms with Crippen LogP contribution in [-0.4, -0.2) is 33.0 Å². The molecule has 0 aliphatic rings. The molecular weight excluding hydrogens is 250 g/mol. The maximum atomic E-state index is 11.8. The predicted molar refractivity (Wildman–Crippen MR) is 67.9 cm³/mol. The van der Waals surface area contributed by atoms with Crippen molar-refractivity contribution in [3.8, 4) is 0 Å². The number of carboxylic acids is 1. The fourth-order valence-corrected chi connectivity index (χ4v) is 1.76. The lowest BCUT2D eigenvalue weighted by Gasteiger charge is -2.13. The standard InChI is InChI=1S/C12H17N3O4/c1-4-9(11(17)18)15-10(16)5-8-6(2)13-12(19)14-7(8)3/h9H,4-5H2,1-3H3,(H,15,16)(H,17,18)(H,13,14,19)/t9-/m1/s1. The molecule has 0 spiro atoms. The van der Waals surface area contributed by atoms with E-state index in [4.69, 9.17) is 5.11 Å². The highest BCUT2D eigenvalue weighted by Gasteiger charge is 2.19. The second-order valence-corrected chi connectivity index (χ2v) is 4.27. The van der Waals surface area contributed by atoms with Crippen molar-refractivity contribution in [2.24, 2.45) is 0 Å². The van der Waals surface area contributed by atoms with Crippen molar-refractivity contribution < 1.29 is 14.7 Å². The van der Waals surface area contributed by atoms with Crippen LogP contribution in [0.2, 0.25) is 0 Å². The first-order valence-corrected chi connectivity index (χ1v) is 5.93. The number of aromatic amines is 1. The van der Waals surface area contributed by atoms with E-state index < -0.39 is 23.6 Å². The van der Waals surface area contributed by atoms with Gasteiger partial charge in [-0.05, 0) is 20.3 Å². The van der Waals surface area contributed by atoms with Crippen molar-refractivity contribution in [3.63, 3.8) is 0 Å². The Hall–Kier alpha value is -2.18. The number of nitrogens with zero attached hydrogens (tertiary/aromatic N) is 1. The molecule has 1 aromatic heterocycles. The van der Waals surface area contributed by atoms with Crippen LogP contribution < -0.4 is 11.0 Å². The van der Waals surface area contributed by atoms with Crippen LogP contribution in [0.15, 0.2) is 4.79 Å². The van der Waals surface area contributed by atoms with E-state index in [2.05, 4.69) is 15.3 Å². The molecule has 0 saturated heterocycles. The summed E-state index contributed by atoms with van der Waals surface area (Å²) in [6.07, 6.45) is 0.300. The third kappa shape index (κ3) is 3.90. The molecule has 1 amide bonds. The molecule has 1 atom stereocenters. The van der Waals surface area contributed by atoms with E-state index in [0.29, 0.717) is 23.4 Å². The largest absolute Gasteiger partial charge is 0.480 e. The molecular formula is C12H17N3O4. The van der Waals surface area contributed by atoms with E-state index in [1.54, 1.807) is 20.8 Å². The molecule has 1 heterocycles. The van der Waals surface area contributed by atoms with Crippen molar-refractivity contribution in [1.29, 1.82) is 0 Å². The number of aromatic nitrogens is 2. The lowest BCUT2D eigenvalue weighted by atomic mass is 10.1. The molecule has 0 aliphatic carbocycles. The number of hydrogen-bond acceptors (Lipinski definition) is 4. The zero-order chi connectivity index (χ0) is 14.6. The first kappa shape index (κ1) is 14.9. The van der Waals surface area contributed by atoms with Gasteiger partial charge in [-0.25, -0.2) is 9.59 Å². The fourth-order valence-electron chi connectivity index (χ4n) is 1.76. The fraction of sp³-hybridized carbons (Fsp3) is 0.500. The Morgan fingerprint density at radius 2 is 2.05 bits per heavy atom. The number of nitrogens with one attached hydrogen (secondary N) is 2. The third-order valence-electron chi connectivity index (χ3n) is 2.83. The van der Waals surface area contributed by atoms with Crippen LogP contribution in [-0.2, 0) is 16.0 Å². The summed E-state index contributed by atoms with van der Waals surface area (Å²) in [5, 5.41) is 11.3. The molecule has 1 aromatic rings. The van der Waals surface area contributed by atoms with Gasteiger partial charge in [0.25, 0.3) is 0 Å². The maximum Gasteiger partial charge on any atom is 0.345 e. The molecule has 19 heavy (non-hydrogen) atoms. The highest BCUT2D eigenvalue weighted by atomic mass is 16.4. The van der Waals surface area contributed by atoms with E-state index in [0.717, 1.165) is 0 Å². The van der Waals surface area contributed by atoms with E-state index in [1.807, 2.05) is 0 Å². The van der Waals surface area contributed by atoms with Crippen LogP contribution in [0.3, 0.4) is 0 Å². The molecule has 0 unspecified atom stereocenters. The minimum Gasteiger partial charge on any atom is -0.480 e. The van der Waals surface area contributed by atoms with Crippen LogP contribution in [0, 0.1) is 13.8 Å². The molecule has 0 fully saturated rings. The Morgan fingerprint density at radius 3 is 2.53 bits per heavy atom. The third-order valence-corrected chi connectivity index (χ3v) is 2.83. The topological polar surface area (TPSA) is 112 Å². The van der Waals surface area contributed by atoms with Crippen molar-refractivity contribution >= 4 is 11.9 Å². The summed E-state index contributed by atoms with van der Waals surface area (Å²) in [5.74, 6) is -1.47. The molecule has 0 aromatic carbocycles. The first-order chi connectivity index (χ1) is 8.85. The Kier molecular flexibility index (Phi) is 4.80. The zero-order valence-corrected chi connectivity index (χ0v) is 11.1. The molecule has 0 radical (unpaired) electrons. The normalized spacial score (nSPS) is 11.9. The predicted octanol–water partition coefficient (Wildman–Crippen LogP) is -0.0914. The number of carbonyl (C=O) groups is 2. The van der Waals surface area contributed by atoms with Crippen LogP contribution in [0.4, 0.5) is 0 Å². The van der Waals surface area contributed by atoms with Gasteiger partial charge in [-0.1, -0.05) is 6.92 Å². The maximum absolute atomic E-state index is 11.8. The van der Waals surface area contributed by atoms with Gasteiger partial charge in [0, 0.05) is 17.0 Å². The van der Waals surface area contributed by atoms with Gasteiger partial charge in [0.05, 0.1) is 6.42 Å². The highest BCUT2D eigenvalue weighted by Crippen LogP contribution is 2.07. The van der Waals surface area contributed by atoms with Crippen molar-refractivity contribution in [1.82, 2.24) is 15.3 Å². The number of aliphatic carboxylic acids is 1.